The maximum atomic E-state index is 11.7. The normalized spacial score (nSPS) is 17.2. The van der Waals surface area contributed by atoms with Crippen molar-refractivity contribution in [2.45, 2.75) is 52.0 Å². The fourth-order valence-electron chi connectivity index (χ4n) is 4.30. The van der Waals surface area contributed by atoms with Crippen LogP contribution in [0.5, 0.6) is 0 Å². The molecule has 166 valence electrons. The van der Waals surface area contributed by atoms with Crippen molar-refractivity contribution in [2.75, 3.05) is 43.4 Å². The van der Waals surface area contributed by atoms with Crippen LogP contribution < -0.4 is 10.6 Å². The zero-order valence-electron chi connectivity index (χ0n) is 18.6. The molecule has 1 amide bonds. The zero-order chi connectivity index (χ0) is 21.5. The third-order valence-corrected chi connectivity index (χ3v) is 6.11. The molecular formula is C24H34N6O. The Balaban J connectivity index is 1.27. The lowest BCUT2D eigenvalue weighted by atomic mass is 10.1. The molecule has 3 heterocycles. The Labute approximate surface area is 185 Å². The molecule has 2 N–H and O–H groups in total. The number of rotatable bonds is 9. The number of anilines is 3. The van der Waals surface area contributed by atoms with Crippen LogP contribution in [0.1, 0.15) is 49.7 Å². The number of likely N-dealkylation sites (tertiary alicyclic amines) is 2. The van der Waals surface area contributed by atoms with E-state index in [1.165, 1.54) is 37.9 Å². The van der Waals surface area contributed by atoms with Gasteiger partial charge in [-0.15, -0.1) is 0 Å². The third-order valence-electron chi connectivity index (χ3n) is 6.11. The quantitative estimate of drug-likeness (QED) is 0.597. The molecule has 0 atom stereocenters. The summed E-state index contributed by atoms with van der Waals surface area (Å²) in [6.07, 6.45) is 8.44. The summed E-state index contributed by atoms with van der Waals surface area (Å²) in [6.45, 7) is 7.94. The monoisotopic (exact) mass is 422 g/mol. The number of nitrogens with one attached hydrogen (secondary N) is 2. The van der Waals surface area contributed by atoms with E-state index in [9.17, 15) is 4.79 Å². The molecule has 7 nitrogen and oxygen atoms in total. The predicted molar refractivity (Wildman–Crippen MR) is 125 cm³/mol. The lowest BCUT2D eigenvalue weighted by molar-refractivity contribution is -0.127. The molecule has 2 aliphatic heterocycles. The first-order chi connectivity index (χ1) is 15.2. The molecule has 1 aromatic heterocycles. The van der Waals surface area contributed by atoms with Crippen molar-refractivity contribution in [1.29, 1.82) is 0 Å². The largest absolute Gasteiger partial charge is 0.370 e. The minimum absolute atomic E-state index is 0.284. The highest BCUT2D eigenvalue weighted by Crippen LogP contribution is 2.19. The van der Waals surface area contributed by atoms with E-state index in [4.69, 9.17) is 0 Å². The van der Waals surface area contributed by atoms with Crippen molar-refractivity contribution in [3.63, 3.8) is 0 Å². The maximum absolute atomic E-state index is 11.7. The zero-order valence-corrected chi connectivity index (χ0v) is 18.6. The van der Waals surface area contributed by atoms with E-state index in [2.05, 4.69) is 49.8 Å². The summed E-state index contributed by atoms with van der Waals surface area (Å²) < 4.78 is 0. The molecule has 0 saturated carbocycles. The van der Waals surface area contributed by atoms with Crippen LogP contribution in [0, 0.1) is 6.92 Å². The molecule has 0 spiro atoms. The molecule has 0 unspecified atom stereocenters. The van der Waals surface area contributed by atoms with Gasteiger partial charge in [0, 0.05) is 50.0 Å². The van der Waals surface area contributed by atoms with E-state index in [1.807, 2.05) is 18.0 Å². The second-order valence-corrected chi connectivity index (χ2v) is 8.65. The number of aryl methyl sites for hydroxylation is 1. The lowest BCUT2D eigenvalue weighted by Gasteiger charge is -2.26. The van der Waals surface area contributed by atoms with Gasteiger partial charge >= 0.3 is 0 Å². The number of nitrogens with zero attached hydrogens (tertiary/aromatic N) is 4. The number of carbonyl (C=O) groups is 1. The lowest BCUT2D eigenvalue weighted by Crippen LogP contribution is -2.29. The number of benzene rings is 1. The van der Waals surface area contributed by atoms with Crippen LogP contribution in [0.4, 0.5) is 17.5 Å². The standard InChI is InChI=1S/C24H34N6O/c1-19-17-26-24(28-23(19)25-12-6-16-30-15-5-7-22(30)31)27-21-10-8-20(9-11-21)18-29-13-3-2-4-14-29/h8-11,17H,2-7,12-16,18H2,1H3,(H2,25,26,27,28). The summed E-state index contributed by atoms with van der Waals surface area (Å²) in [4.78, 5) is 25.3. The van der Waals surface area contributed by atoms with Gasteiger partial charge in [0.15, 0.2) is 0 Å². The van der Waals surface area contributed by atoms with Crippen LogP contribution in [0.2, 0.25) is 0 Å². The van der Waals surface area contributed by atoms with E-state index in [0.29, 0.717) is 12.4 Å². The predicted octanol–water partition coefficient (Wildman–Crippen LogP) is 3.94. The molecule has 2 aliphatic rings. The number of hydrogen-bond acceptors (Lipinski definition) is 6. The molecular weight excluding hydrogens is 388 g/mol. The summed E-state index contributed by atoms with van der Waals surface area (Å²) in [5, 5.41) is 6.71. The first-order valence-electron chi connectivity index (χ1n) is 11.6. The van der Waals surface area contributed by atoms with Gasteiger partial charge in [-0.2, -0.15) is 4.98 Å². The van der Waals surface area contributed by atoms with Crippen molar-refractivity contribution in [3.8, 4) is 0 Å². The van der Waals surface area contributed by atoms with E-state index in [0.717, 1.165) is 56.1 Å². The van der Waals surface area contributed by atoms with E-state index in [-0.39, 0.29) is 5.91 Å². The highest BCUT2D eigenvalue weighted by atomic mass is 16.2. The van der Waals surface area contributed by atoms with Gasteiger partial charge in [0.25, 0.3) is 0 Å². The first-order valence-corrected chi connectivity index (χ1v) is 11.6. The van der Waals surface area contributed by atoms with Crippen molar-refractivity contribution in [3.05, 3.63) is 41.6 Å². The van der Waals surface area contributed by atoms with E-state index >= 15 is 0 Å². The Bertz CT molecular complexity index is 863. The van der Waals surface area contributed by atoms with Crippen molar-refractivity contribution in [2.24, 2.45) is 0 Å². The van der Waals surface area contributed by atoms with Crippen LogP contribution in [0.25, 0.3) is 0 Å². The van der Waals surface area contributed by atoms with Gasteiger partial charge in [0.2, 0.25) is 11.9 Å². The topological polar surface area (TPSA) is 73.4 Å². The molecule has 0 bridgehead atoms. The average molecular weight is 423 g/mol. The minimum atomic E-state index is 0.284. The summed E-state index contributed by atoms with van der Waals surface area (Å²) in [6, 6.07) is 8.57. The Morgan fingerprint density at radius 2 is 1.84 bits per heavy atom. The second kappa shape index (κ2) is 10.6. The van der Waals surface area contributed by atoms with Gasteiger partial charge in [0.05, 0.1) is 0 Å². The number of carbonyl (C=O) groups excluding carboxylic acids is 1. The van der Waals surface area contributed by atoms with Gasteiger partial charge in [0.1, 0.15) is 5.82 Å². The molecule has 31 heavy (non-hydrogen) atoms. The van der Waals surface area contributed by atoms with Crippen molar-refractivity contribution < 1.29 is 4.79 Å². The van der Waals surface area contributed by atoms with Crippen LogP contribution in [-0.4, -0.2) is 58.4 Å². The molecule has 0 radical (unpaired) electrons. The van der Waals surface area contributed by atoms with Gasteiger partial charge in [-0.05, 0) is 63.4 Å². The van der Waals surface area contributed by atoms with Crippen LogP contribution in [0.3, 0.4) is 0 Å². The van der Waals surface area contributed by atoms with Crippen LogP contribution >= 0.6 is 0 Å². The Kier molecular flexibility index (Phi) is 7.35. The number of aromatic nitrogens is 2. The molecule has 7 heteroatoms. The summed E-state index contributed by atoms with van der Waals surface area (Å²) in [7, 11) is 0. The maximum Gasteiger partial charge on any atom is 0.229 e. The smallest absolute Gasteiger partial charge is 0.229 e. The summed E-state index contributed by atoms with van der Waals surface area (Å²) >= 11 is 0. The highest BCUT2D eigenvalue weighted by Gasteiger charge is 2.19. The van der Waals surface area contributed by atoms with Gasteiger partial charge in [-0.3, -0.25) is 9.69 Å². The molecule has 4 rings (SSSR count). The Hall–Kier alpha value is -2.67. The minimum Gasteiger partial charge on any atom is -0.370 e. The molecule has 2 aromatic rings. The Morgan fingerprint density at radius 3 is 2.58 bits per heavy atom. The fourth-order valence-corrected chi connectivity index (χ4v) is 4.30. The third kappa shape index (κ3) is 6.17. The van der Waals surface area contributed by atoms with Crippen molar-refractivity contribution >= 4 is 23.4 Å². The summed E-state index contributed by atoms with van der Waals surface area (Å²) in [5.74, 6) is 1.71. The van der Waals surface area contributed by atoms with E-state index in [1.54, 1.807) is 0 Å². The number of hydrogen-bond donors (Lipinski definition) is 2. The Morgan fingerprint density at radius 1 is 1.03 bits per heavy atom. The molecule has 2 saturated heterocycles. The SMILES string of the molecule is Cc1cnc(Nc2ccc(CN3CCCCC3)cc2)nc1NCCCN1CCCC1=O. The number of amides is 1. The van der Waals surface area contributed by atoms with Gasteiger partial charge in [-0.25, -0.2) is 4.98 Å². The molecule has 2 fully saturated rings. The van der Waals surface area contributed by atoms with Crippen molar-refractivity contribution in [1.82, 2.24) is 19.8 Å². The molecule has 0 aliphatic carbocycles. The average Bonchev–Trinajstić information content (AvgIpc) is 3.20. The fraction of sp³-hybridized carbons (Fsp3) is 0.542. The van der Waals surface area contributed by atoms with Gasteiger partial charge in [-0.1, -0.05) is 18.6 Å². The molecule has 1 aromatic carbocycles. The van der Waals surface area contributed by atoms with Crippen LogP contribution in [0.15, 0.2) is 30.5 Å². The highest BCUT2D eigenvalue weighted by molar-refractivity contribution is 5.78. The van der Waals surface area contributed by atoms with Crippen LogP contribution in [-0.2, 0) is 11.3 Å². The second-order valence-electron chi connectivity index (χ2n) is 8.65. The summed E-state index contributed by atoms with van der Waals surface area (Å²) in [5.41, 5.74) is 3.35. The van der Waals surface area contributed by atoms with E-state index < -0.39 is 0 Å². The van der Waals surface area contributed by atoms with Gasteiger partial charge < -0.3 is 15.5 Å². The first kappa shape index (κ1) is 21.6. The number of piperidine rings is 1.